The molecule has 0 radical (unpaired) electrons. The van der Waals surface area contributed by atoms with Crippen molar-refractivity contribution in [2.24, 2.45) is 0 Å². The highest BCUT2D eigenvalue weighted by Crippen LogP contribution is 2.29. The minimum Gasteiger partial charge on any atom is -0.477 e. The first-order chi connectivity index (χ1) is 9.08. The minimum absolute atomic E-state index is 0.344. The molecule has 2 N–H and O–H groups in total. The number of nitrogens with one attached hydrogen (secondary N) is 1. The molecule has 3 rings (SSSR count). The highest BCUT2D eigenvalue weighted by molar-refractivity contribution is 7.20. The second-order valence-electron chi connectivity index (χ2n) is 3.77. The average Bonchev–Trinajstić information content (AvgIpc) is 2.93. The van der Waals surface area contributed by atoms with Crippen molar-refractivity contribution in [1.82, 2.24) is 24.8 Å². The van der Waals surface area contributed by atoms with E-state index in [0.717, 1.165) is 5.69 Å². The summed E-state index contributed by atoms with van der Waals surface area (Å²) in [4.78, 5) is 27.7. The minimum atomic E-state index is -1.29. The van der Waals surface area contributed by atoms with Gasteiger partial charge < -0.3 is 5.11 Å². The van der Waals surface area contributed by atoms with E-state index in [9.17, 15) is 9.59 Å². The predicted octanol–water partition coefficient (Wildman–Crippen LogP) is 0.548. The Kier molecular flexibility index (Phi) is 2.42. The lowest BCUT2D eigenvalue weighted by Crippen LogP contribution is -2.18. The van der Waals surface area contributed by atoms with Gasteiger partial charge in [-0.1, -0.05) is 11.3 Å². The van der Waals surface area contributed by atoms with Crippen molar-refractivity contribution in [2.75, 3.05) is 0 Å². The molecule has 0 saturated carbocycles. The molecule has 9 heteroatoms. The molecular weight excluding hydrogens is 270 g/mol. The third-order valence-electron chi connectivity index (χ3n) is 2.62. The number of H-pyrrole nitrogens is 1. The van der Waals surface area contributed by atoms with Crippen molar-refractivity contribution in [3.8, 4) is 10.6 Å². The van der Waals surface area contributed by atoms with E-state index in [2.05, 4.69) is 20.3 Å². The molecule has 0 saturated heterocycles. The van der Waals surface area contributed by atoms with E-state index in [0.29, 0.717) is 15.5 Å². The van der Waals surface area contributed by atoms with Gasteiger partial charge in [0.05, 0.1) is 10.6 Å². The van der Waals surface area contributed by atoms with Gasteiger partial charge in [-0.2, -0.15) is 10.2 Å². The molecule has 0 unspecified atom stereocenters. The highest BCUT2D eigenvalue weighted by atomic mass is 32.1. The molecule has 0 amide bonds. The molecule has 3 heterocycles. The molecule has 3 aromatic rings. The van der Waals surface area contributed by atoms with Gasteiger partial charge in [-0.25, -0.2) is 19.4 Å². The quantitative estimate of drug-likeness (QED) is 0.707. The Morgan fingerprint density at radius 2 is 2.32 bits per heavy atom. The number of hydrogen-bond acceptors (Lipinski definition) is 6. The summed E-state index contributed by atoms with van der Waals surface area (Å²) < 4.78 is 1.63. The highest BCUT2D eigenvalue weighted by Gasteiger charge is 2.17. The van der Waals surface area contributed by atoms with Crippen LogP contribution < -0.4 is 5.56 Å². The lowest BCUT2D eigenvalue weighted by Gasteiger charge is -1.99. The summed E-state index contributed by atoms with van der Waals surface area (Å²) in [5.74, 6) is -1.29. The van der Waals surface area contributed by atoms with Gasteiger partial charge in [-0.05, 0) is 13.0 Å². The zero-order valence-corrected chi connectivity index (χ0v) is 10.4. The topological polar surface area (TPSA) is 113 Å². The van der Waals surface area contributed by atoms with Gasteiger partial charge in [0.1, 0.15) is 17.6 Å². The van der Waals surface area contributed by atoms with Gasteiger partial charge in [-0.3, -0.25) is 4.79 Å². The van der Waals surface area contributed by atoms with Gasteiger partial charge >= 0.3 is 5.97 Å². The van der Waals surface area contributed by atoms with E-state index in [1.807, 2.05) is 6.92 Å². The van der Waals surface area contributed by atoms with Crippen LogP contribution in [0.25, 0.3) is 15.5 Å². The number of hydrogen-bond donors (Lipinski definition) is 2. The van der Waals surface area contributed by atoms with Crippen LogP contribution >= 0.6 is 11.3 Å². The molecule has 19 heavy (non-hydrogen) atoms. The molecule has 0 spiro atoms. The summed E-state index contributed by atoms with van der Waals surface area (Å²) in [6, 6.07) is 1.25. The van der Waals surface area contributed by atoms with Gasteiger partial charge in [0.15, 0.2) is 0 Å². The van der Waals surface area contributed by atoms with Gasteiger partial charge in [0.25, 0.3) is 5.56 Å². The Morgan fingerprint density at radius 3 is 3.00 bits per heavy atom. The van der Waals surface area contributed by atoms with E-state index in [4.69, 9.17) is 5.11 Å². The number of rotatable bonds is 2. The molecule has 0 aromatic carbocycles. The summed E-state index contributed by atoms with van der Waals surface area (Å²) in [6.45, 7) is 1.82. The number of carbonyl (C=O) groups is 1. The Labute approximate surface area is 109 Å². The largest absolute Gasteiger partial charge is 0.477 e. The lowest BCUT2D eigenvalue weighted by atomic mass is 10.2. The van der Waals surface area contributed by atoms with Gasteiger partial charge in [0, 0.05) is 0 Å². The number of aromatic amines is 1. The summed E-state index contributed by atoms with van der Waals surface area (Å²) >= 11 is 1.32. The SMILES string of the molecule is Cc1c(-c2cc(C(=O)O)c(=O)[nH]n2)sc2ncnn12. The number of nitrogens with zero attached hydrogens (tertiary/aromatic N) is 4. The number of thiazole rings is 1. The molecule has 0 fully saturated rings. The molecule has 3 aromatic heterocycles. The fourth-order valence-electron chi connectivity index (χ4n) is 1.71. The van der Waals surface area contributed by atoms with Crippen LogP contribution in [0.2, 0.25) is 0 Å². The maximum Gasteiger partial charge on any atom is 0.341 e. The van der Waals surface area contributed by atoms with Crippen molar-refractivity contribution in [2.45, 2.75) is 6.92 Å². The zero-order valence-electron chi connectivity index (χ0n) is 9.62. The van der Waals surface area contributed by atoms with Crippen LogP contribution in [0, 0.1) is 6.92 Å². The molecule has 0 aliphatic heterocycles. The Hall–Kier alpha value is -2.55. The Balaban J connectivity index is 2.24. The van der Waals surface area contributed by atoms with Gasteiger partial charge in [0.2, 0.25) is 4.96 Å². The maximum atomic E-state index is 11.3. The second kappa shape index (κ2) is 3.99. The van der Waals surface area contributed by atoms with Crippen molar-refractivity contribution >= 4 is 22.3 Å². The van der Waals surface area contributed by atoms with E-state index in [1.165, 1.54) is 23.7 Å². The summed E-state index contributed by atoms with van der Waals surface area (Å²) in [5.41, 5.74) is 0.0944. The third-order valence-corrected chi connectivity index (χ3v) is 3.79. The van der Waals surface area contributed by atoms with Gasteiger partial charge in [-0.15, -0.1) is 0 Å². The maximum absolute atomic E-state index is 11.3. The van der Waals surface area contributed by atoms with Crippen molar-refractivity contribution in [3.63, 3.8) is 0 Å². The van der Waals surface area contributed by atoms with Crippen LogP contribution in [0.1, 0.15) is 16.1 Å². The molecule has 0 aliphatic rings. The Morgan fingerprint density at radius 1 is 1.53 bits per heavy atom. The number of carboxylic acid groups (broad SMARTS) is 1. The number of aromatic nitrogens is 5. The molecule has 8 nitrogen and oxygen atoms in total. The van der Waals surface area contributed by atoms with E-state index >= 15 is 0 Å². The first-order valence-electron chi connectivity index (χ1n) is 5.20. The first-order valence-corrected chi connectivity index (χ1v) is 6.02. The lowest BCUT2D eigenvalue weighted by molar-refractivity contribution is 0.0694. The summed E-state index contributed by atoms with van der Waals surface area (Å²) in [7, 11) is 0. The molecule has 0 atom stereocenters. The summed E-state index contributed by atoms with van der Waals surface area (Å²) in [6.07, 6.45) is 1.44. The first kappa shape index (κ1) is 11.5. The number of aryl methyl sites for hydroxylation is 1. The molecule has 0 aliphatic carbocycles. The standard InChI is InChI=1S/C10H7N5O3S/c1-4-7(19-10-11-3-12-15(4)10)6-2-5(9(17)18)8(16)14-13-6/h2-3H,1H3,(H,14,16)(H,17,18). The summed E-state index contributed by atoms with van der Waals surface area (Å²) in [5, 5.41) is 19.0. The van der Waals surface area contributed by atoms with Crippen LogP contribution in [0.5, 0.6) is 0 Å². The fraction of sp³-hybridized carbons (Fsp3) is 0.100. The number of fused-ring (bicyclic) bond motifs is 1. The third kappa shape index (κ3) is 1.71. The van der Waals surface area contributed by atoms with E-state index in [1.54, 1.807) is 4.52 Å². The van der Waals surface area contributed by atoms with Crippen LogP contribution in [-0.2, 0) is 0 Å². The van der Waals surface area contributed by atoms with Crippen molar-refractivity contribution in [3.05, 3.63) is 34.0 Å². The second-order valence-corrected chi connectivity index (χ2v) is 4.75. The predicted molar refractivity (Wildman–Crippen MR) is 66.4 cm³/mol. The van der Waals surface area contributed by atoms with Crippen molar-refractivity contribution in [1.29, 1.82) is 0 Å². The van der Waals surface area contributed by atoms with Crippen LogP contribution in [0.15, 0.2) is 17.2 Å². The zero-order chi connectivity index (χ0) is 13.6. The molecular formula is C10H7N5O3S. The van der Waals surface area contributed by atoms with E-state index < -0.39 is 11.5 Å². The number of aromatic carboxylic acids is 1. The number of carboxylic acids is 1. The van der Waals surface area contributed by atoms with Crippen LogP contribution in [0.4, 0.5) is 0 Å². The normalized spacial score (nSPS) is 11.0. The molecule has 96 valence electrons. The average molecular weight is 277 g/mol. The fourth-order valence-corrected chi connectivity index (χ4v) is 2.71. The van der Waals surface area contributed by atoms with Crippen LogP contribution in [0.3, 0.4) is 0 Å². The smallest absolute Gasteiger partial charge is 0.341 e. The molecule has 0 bridgehead atoms. The van der Waals surface area contributed by atoms with E-state index in [-0.39, 0.29) is 5.56 Å². The Bertz CT molecular complexity index is 846. The van der Waals surface area contributed by atoms with Crippen LogP contribution in [-0.4, -0.2) is 35.9 Å². The van der Waals surface area contributed by atoms with Crippen molar-refractivity contribution < 1.29 is 9.90 Å². The monoisotopic (exact) mass is 277 g/mol.